The molecule has 2 nitrogen and oxygen atoms in total. The van der Waals surface area contributed by atoms with Crippen LogP contribution in [0.3, 0.4) is 0 Å². The number of hydrogen-bond acceptors (Lipinski definition) is 2. The first-order chi connectivity index (χ1) is 6.31. The summed E-state index contributed by atoms with van der Waals surface area (Å²) < 4.78 is 4.67. The summed E-state index contributed by atoms with van der Waals surface area (Å²) in [6, 6.07) is 0. The highest BCUT2D eigenvalue weighted by Gasteiger charge is 1.91. The molecule has 2 heteroatoms. The van der Waals surface area contributed by atoms with E-state index in [4.69, 9.17) is 0 Å². The van der Waals surface area contributed by atoms with Crippen molar-refractivity contribution in [3.63, 3.8) is 0 Å². The summed E-state index contributed by atoms with van der Waals surface area (Å²) in [7, 11) is 0. The van der Waals surface area contributed by atoms with E-state index in [1.54, 1.807) is 0 Å². The number of carbonyl (C=O) groups excluding carboxylic acids is 1. The maximum atomic E-state index is 10.3. The van der Waals surface area contributed by atoms with Gasteiger partial charge in [0.25, 0.3) is 0 Å². The molecule has 0 aromatic carbocycles. The third-order valence-electron chi connectivity index (χ3n) is 0.909. The van der Waals surface area contributed by atoms with Gasteiger partial charge in [-0.05, 0) is 6.42 Å². The average molecular weight is 194 g/mol. The van der Waals surface area contributed by atoms with Gasteiger partial charge in [-0.2, -0.15) is 0 Å². The average Bonchev–Trinajstić information content (AvgIpc) is 2.24. The lowest BCUT2D eigenvalue weighted by atomic mass is 10.4. The van der Waals surface area contributed by atoms with Crippen LogP contribution in [0.1, 0.15) is 19.8 Å². The Morgan fingerprint density at radius 2 is 1.86 bits per heavy atom. The van der Waals surface area contributed by atoms with Gasteiger partial charge in [0.2, 0.25) is 0 Å². The number of terminal acetylenes is 1. The molecule has 0 heterocycles. The van der Waals surface area contributed by atoms with Gasteiger partial charge in [-0.3, -0.25) is 0 Å². The summed E-state index contributed by atoms with van der Waals surface area (Å²) in [4.78, 5) is 10.3. The molecule has 14 heavy (non-hydrogen) atoms. The van der Waals surface area contributed by atoms with E-state index < -0.39 is 0 Å². The Hall–Kier alpha value is -1.49. The second kappa shape index (κ2) is 30.0. The molecule has 0 saturated heterocycles. The Balaban J connectivity index is -0.0000000883. The van der Waals surface area contributed by atoms with Gasteiger partial charge in [0.15, 0.2) is 0 Å². The van der Waals surface area contributed by atoms with Crippen LogP contribution in [0.25, 0.3) is 0 Å². The normalized spacial score (nSPS) is 5.93. The molecule has 0 unspecified atom stereocenters. The van der Waals surface area contributed by atoms with Crippen LogP contribution in [0.4, 0.5) is 0 Å². The van der Waals surface area contributed by atoms with E-state index in [1.165, 1.54) is 6.08 Å². The molecule has 0 amide bonds. The summed E-state index contributed by atoms with van der Waals surface area (Å²) in [6.07, 6.45) is 11.2. The van der Waals surface area contributed by atoms with Gasteiger partial charge in [0.1, 0.15) is 0 Å². The first-order valence-electron chi connectivity index (χ1n) is 3.93. The fourth-order valence-corrected chi connectivity index (χ4v) is 0.376. The molecule has 4 radical (unpaired) electrons. The zero-order chi connectivity index (χ0) is 11.1. The molecule has 0 aliphatic rings. The van der Waals surface area contributed by atoms with Crippen LogP contribution in [0.2, 0.25) is 0 Å². The minimum Gasteiger partial charge on any atom is -0.463 e. The predicted molar refractivity (Wildman–Crippen MR) is 60.5 cm³/mol. The second-order valence-electron chi connectivity index (χ2n) is 1.73. The smallest absolute Gasteiger partial charge is 0.330 e. The van der Waals surface area contributed by atoms with E-state index in [2.05, 4.69) is 37.3 Å². The lowest BCUT2D eigenvalue weighted by Gasteiger charge is -1.97. The van der Waals surface area contributed by atoms with E-state index in [0.29, 0.717) is 6.61 Å². The zero-order valence-electron chi connectivity index (χ0n) is 8.79. The molecule has 0 rings (SSSR count). The maximum absolute atomic E-state index is 10.3. The lowest BCUT2D eigenvalue weighted by molar-refractivity contribution is -0.137. The Morgan fingerprint density at radius 3 is 2.14 bits per heavy atom. The van der Waals surface area contributed by atoms with Crippen LogP contribution < -0.4 is 0 Å². The van der Waals surface area contributed by atoms with Crippen LogP contribution in [0, 0.1) is 20.3 Å². The van der Waals surface area contributed by atoms with Gasteiger partial charge in [-0.15, -0.1) is 26.0 Å². The molecule has 0 fully saturated rings. The Morgan fingerprint density at radius 1 is 1.43 bits per heavy atom. The van der Waals surface area contributed by atoms with Crippen LogP contribution in [-0.2, 0) is 9.53 Å². The highest BCUT2D eigenvalue weighted by atomic mass is 16.5. The van der Waals surface area contributed by atoms with Crippen molar-refractivity contribution in [3.8, 4) is 12.8 Å². The Kier molecular flexibility index (Phi) is 49.0. The SMILES string of the molecule is C#C.C=C.C=CC(=O)OCCCC.[C]. The summed E-state index contributed by atoms with van der Waals surface area (Å²) in [6.45, 7) is 11.8. The van der Waals surface area contributed by atoms with Gasteiger partial charge in [-0.25, -0.2) is 4.79 Å². The third kappa shape index (κ3) is 31.3. The number of ether oxygens (including phenoxy) is 1. The molecule has 0 aliphatic carbocycles. The van der Waals surface area contributed by atoms with Gasteiger partial charge in [0.05, 0.1) is 6.61 Å². The molecular weight excluding hydrogens is 176 g/mol. The van der Waals surface area contributed by atoms with Crippen molar-refractivity contribution in [2.75, 3.05) is 6.61 Å². The van der Waals surface area contributed by atoms with Crippen molar-refractivity contribution in [2.24, 2.45) is 0 Å². The van der Waals surface area contributed by atoms with Crippen LogP contribution in [0.5, 0.6) is 0 Å². The summed E-state index contributed by atoms with van der Waals surface area (Å²) in [5.74, 6) is -0.330. The van der Waals surface area contributed by atoms with Crippen molar-refractivity contribution in [2.45, 2.75) is 19.8 Å². The topological polar surface area (TPSA) is 26.3 Å². The number of esters is 1. The van der Waals surface area contributed by atoms with Crippen molar-refractivity contribution >= 4 is 5.97 Å². The lowest BCUT2D eigenvalue weighted by Crippen LogP contribution is -2.00. The largest absolute Gasteiger partial charge is 0.463 e. The number of rotatable bonds is 4. The molecule has 0 spiro atoms. The standard InChI is InChI=1S/C7H12O2.C2H4.C2H2.C/c1-3-5-6-9-7(8)4-2;2*1-2;/h4H,2-3,5-6H2,1H3;1-2H2;1-2H;. The van der Waals surface area contributed by atoms with Crippen LogP contribution in [-0.4, -0.2) is 12.6 Å². The fraction of sp³-hybridized carbons (Fsp3) is 0.333. The monoisotopic (exact) mass is 194 g/mol. The Labute approximate surface area is 88.7 Å². The zero-order valence-corrected chi connectivity index (χ0v) is 8.79. The number of carbonyl (C=O) groups is 1. The summed E-state index contributed by atoms with van der Waals surface area (Å²) in [5.41, 5.74) is 0. The quantitative estimate of drug-likeness (QED) is 0.226. The third-order valence-corrected chi connectivity index (χ3v) is 0.909. The minimum atomic E-state index is -0.330. The van der Waals surface area contributed by atoms with E-state index in [1.807, 2.05) is 6.92 Å². The molecular formula is C12H18O2. The molecule has 0 aliphatic heterocycles. The fourth-order valence-electron chi connectivity index (χ4n) is 0.376. The van der Waals surface area contributed by atoms with E-state index >= 15 is 0 Å². The summed E-state index contributed by atoms with van der Waals surface area (Å²) >= 11 is 0. The number of unbranched alkanes of at least 4 members (excludes halogenated alkanes) is 1. The van der Waals surface area contributed by atoms with Gasteiger partial charge >= 0.3 is 5.97 Å². The van der Waals surface area contributed by atoms with Crippen LogP contribution >= 0.6 is 0 Å². The molecule has 78 valence electrons. The highest BCUT2D eigenvalue weighted by Crippen LogP contribution is 1.88. The molecule has 0 N–H and O–H groups in total. The minimum absolute atomic E-state index is 0. The first-order valence-corrected chi connectivity index (χ1v) is 3.93. The van der Waals surface area contributed by atoms with E-state index in [9.17, 15) is 4.79 Å². The highest BCUT2D eigenvalue weighted by molar-refractivity contribution is 5.81. The molecule has 0 saturated carbocycles. The van der Waals surface area contributed by atoms with E-state index in [0.717, 1.165) is 12.8 Å². The molecule has 0 aromatic heterocycles. The second-order valence-corrected chi connectivity index (χ2v) is 1.73. The van der Waals surface area contributed by atoms with Gasteiger partial charge < -0.3 is 4.74 Å². The first kappa shape index (κ1) is 22.9. The van der Waals surface area contributed by atoms with Gasteiger partial charge in [0, 0.05) is 13.5 Å². The maximum Gasteiger partial charge on any atom is 0.330 e. The molecule has 0 bridgehead atoms. The van der Waals surface area contributed by atoms with Crippen molar-refractivity contribution in [1.82, 2.24) is 0 Å². The summed E-state index contributed by atoms with van der Waals surface area (Å²) in [5, 5.41) is 0. The number of hydrogen-bond donors (Lipinski definition) is 0. The van der Waals surface area contributed by atoms with E-state index in [-0.39, 0.29) is 13.4 Å². The van der Waals surface area contributed by atoms with Crippen molar-refractivity contribution in [1.29, 1.82) is 0 Å². The van der Waals surface area contributed by atoms with Crippen molar-refractivity contribution < 1.29 is 9.53 Å². The van der Waals surface area contributed by atoms with Crippen LogP contribution in [0.15, 0.2) is 25.8 Å². The molecule has 0 aromatic rings. The Bertz CT molecular complexity index is 137. The van der Waals surface area contributed by atoms with Gasteiger partial charge in [-0.1, -0.05) is 19.9 Å². The predicted octanol–water partition coefficient (Wildman–Crippen LogP) is 2.65. The van der Waals surface area contributed by atoms with Crippen molar-refractivity contribution in [3.05, 3.63) is 33.2 Å². The molecule has 0 atom stereocenters.